The van der Waals surface area contributed by atoms with Crippen molar-refractivity contribution in [1.82, 2.24) is 20.2 Å². The Balaban J connectivity index is 1.62. The predicted molar refractivity (Wildman–Crippen MR) is 122 cm³/mol. The topological polar surface area (TPSA) is 125 Å². The fourth-order valence-corrected chi connectivity index (χ4v) is 4.55. The van der Waals surface area contributed by atoms with Gasteiger partial charge in [-0.2, -0.15) is 0 Å². The van der Waals surface area contributed by atoms with E-state index in [4.69, 9.17) is 18.7 Å². The van der Waals surface area contributed by atoms with Crippen molar-refractivity contribution in [2.24, 2.45) is 0 Å². The number of aliphatic hydroxyl groups excluding tert-OH is 2. The molecule has 0 aliphatic carbocycles. The monoisotopic (exact) mass is 526 g/mol. The zero-order valence-electron chi connectivity index (χ0n) is 20.8. The van der Waals surface area contributed by atoms with Crippen LogP contribution in [0.5, 0.6) is 0 Å². The van der Waals surface area contributed by atoms with E-state index in [1.807, 2.05) is 13.8 Å². The second-order valence-corrected chi connectivity index (χ2v) is 9.61. The second-order valence-electron chi connectivity index (χ2n) is 9.61. The standard InChI is InChI=1S/C24H29F3N4O6/c1-24(2,11-34-3)19-8-13(37-29-19)7-17-23(35-4)21(22(33)18(10-32)36-17)31-9-16(28-30-31)12-5-14(25)20(27)15(26)6-12/h5-6,8-9,17-18,21-23,32-33H,7,10-11H2,1-4H3/t17-,18-,21+,22+,23+/m1/s1. The molecule has 10 nitrogen and oxygen atoms in total. The Morgan fingerprint density at radius 1 is 1.11 bits per heavy atom. The molecule has 0 bridgehead atoms. The van der Waals surface area contributed by atoms with E-state index in [1.165, 1.54) is 18.0 Å². The lowest BCUT2D eigenvalue weighted by molar-refractivity contribution is -0.212. The Bertz CT molecular complexity index is 1200. The van der Waals surface area contributed by atoms with Gasteiger partial charge in [-0.05, 0) is 12.1 Å². The van der Waals surface area contributed by atoms with Gasteiger partial charge in [-0.3, -0.25) is 0 Å². The Labute approximate surface area is 210 Å². The third-order valence-electron chi connectivity index (χ3n) is 6.49. The lowest BCUT2D eigenvalue weighted by Gasteiger charge is -2.43. The summed E-state index contributed by atoms with van der Waals surface area (Å²) < 4.78 is 64.5. The SMILES string of the molecule is COCC(C)(C)c1cc(C[C@H]2O[C@H](CO)[C@H](O)[C@H](n3cc(-c4cc(F)c(F)c(F)c4)nn3)[C@H]2OC)on1. The molecule has 2 aromatic heterocycles. The number of halogens is 3. The number of methoxy groups -OCH3 is 2. The van der Waals surface area contributed by atoms with Crippen LogP contribution < -0.4 is 0 Å². The van der Waals surface area contributed by atoms with Crippen molar-refractivity contribution in [2.75, 3.05) is 27.4 Å². The summed E-state index contributed by atoms with van der Waals surface area (Å²) in [6.45, 7) is 3.85. The molecule has 0 radical (unpaired) electrons. The first-order valence-corrected chi connectivity index (χ1v) is 11.6. The summed E-state index contributed by atoms with van der Waals surface area (Å²) in [7, 11) is 3.02. The fraction of sp³-hybridized carbons (Fsp3) is 0.542. The van der Waals surface area contributed by atoms with Crippen molar-refractivity contribution in [3.8, 4) is 11.3 Å². The van der Waals surface area contributed by atoms with Crippen molar-refractivity contribution < 1.29 is 42.1 Å². The van der Waals surface area contributed by atoms with Crippen LogP contribution in [-0.4, -0.2) is 82.2 Å². The minimum Gasteiger partial charge on any atom is -0.394 e. The van der Waals surface area contributed by atoms with Crippen LogP contribution in [0.4, 0.5) is 13.2 Å². The summed E-state index contributed by atoms with van der Waals surface area (Å²) in [4.78, 5) is 0. The maximum Gasteiger partial charge on any atom is 0.194 e. The van der Waals surface area contributed by atoms with E-state index in [2.05, 4.69) is 15.5 Å². The third kappa shape index (κ3) is 5.41. The van der Waals surface area contributed by atoms with Crippen LogP contribution in [0, 0.1) is 17.5 Å². The minimum atomic E-state index is -1.59. The molecule has 202 valence electrons. The van der Waals surface area contributed by atoms with Crippen molar-refractivity contribution in [3.63, 3.8) is 0 Å². The highest BCUT2D eigenvalue weighted by atomic mass is 19.2. The van der Waals surface area contributed by atoms with Gasteiger partial charge in [-0.25, -0.2) is 17.9 Å². The fourth-order valence-electron chi connectivity index (χ4n) is 4.55. The molecule has 4 rings (SSSR count). The van der Waals surface area contributed by atoms with Crippen LogP contribution >= 0.6 is 0 Å². The number of rotatable bonds is 9. The Morgan fingerprint density at radius 3 is 2.43 bits per heavy atom. The van der Waals surface area contributed by atoms with Crippen LogP contribution in [-0.2, 0) is 26.0 Å². The second kappa shape index (κ2) is 10.9. The molecule has 2 N–H and O–H groups in total. The number of aliphatic hydroxyl groups is 2. The predicted octanol–water partition coefficient (Wildman–Crippen LogP) is 2.19. The molecule has 1 fully saturated rings. The molecule has 0 spiro atoms. The molecule has 0 amide bonds. The average molecular weight is 527 g/mol. The van der Waals surface area contributed by atoms with E-state index >= 15 is 0 Å². The van der Waals surface area contributed by atoms with Gasteiger partial charge in [0.15, 0.2) is 17.5 Å². The van der Waals surface area contributed by atoms with Crippen molar-refractivity contribution in [2.45, 2.75) is 56.1 Å². The van der Waals surface area contributed by atoms with Crippen LogP contribution in [0.1, 0.15) is 31.3 Å². The molecule has 1 aliphatic rings. The molecule has 3 heterocycles. The number of hydrogen-bond acceptors (Lipinski definition) is 9. The van der Waals surface area contributed by atoms with Crippen molar-refractivity contribution in [3.05, 3.63) is 53.3 Å². The van der Waals surface area contributed by atoms with Gasteiger partial charge in [0, 0.05) is 37.7 Å². The quantitative estimate of drug-likeness (QED) is 0.404. The summed E-state index contributed by atoms with van der Waals surface area (Å²) >= 11 is 0. The summed E-state index contributed by atoms with van der Waals surface area (Å²) in [5.41, 5.74) is 0.294. The molecule has 1 aliphatic heterocycles. The van der Waals surface area contributed by atoms with Gasteiger partial charge in [0.2, 0.25) is 0 Å². The van der Waals surface area contributed by atoms with Gasteiger partial charge in [0.05, 0.1) is 31.2 Å². The Morgan fingerprint density at radius 2 is 1.81 bits per heavy atom. The number of nitrogens with zero attached hydrogens (tertiary/aromatic N) is 4. The van der Waals surface area contributed by atoms with Crippen LogP contribution in [0.2, 0.25) is 0 Å². The molecular weight excluding hydrogens is 497 g/mol. The maximum absolute atomic E-state index is 13.7. The van der Waals surface area contributed by atoms with Gasteiger partial charge in [0.25, 0.3) is 0 Å². The zero-order valence-corrected chi connectivity index (χ0v) is 20.8. The lowest BCUT2D eigenvalue weighted by atomic mass is 9.88. The molecule has 5 atom stereocenters. The van der Waals surface area contributed by atoms with Gasteiger partial charge < -0.3 is 28.9 Å². The highest BCUT2D eigenvalue weighted by Crippen LogP contribution is 2.35. The molecule has 37 heavy (non-hydrogen) atoms. The zero-order chi connectivity index (χ0) is 26.9. The van der Waals surface area contributed by atoms with Crippen LogP contribution in [0.3, 0.4) is 0 Å². The maximum atomic E-state index is 13.7. The van der Waals surface area contributed by atoms with E-state index < -0.39 is 59.9 Å². The molecule has 0 unspecified atom stereocenters. The third-order valence-corrected chi connectivity index (χ3v) is 6.49. The molecule has 0 saturated carbocycles. The minimum absolute atomic E-state index is 0.0405. The summed E-state index contributed by atoms with van der Waals surface area (Å²) in [5, 5.41) is 32.9. The first-order chi connectivity index (χ1) is 17.6. The van der Waals surface area contributed by atoms with Crippen LogP contribution in [0.15, 0.2) is 28.9 Å². The van der Waals surface area contributed by atoms with Gasteiger partial charge >= 0.3 is 0 Å². The normalized spacial score (nSPS) is 24.5. The summed E-state index contributed by atoms with van der Waals surface area (Å²) in [6.07, 6.45) is -2.22. The van der Waals surface area contributed by atoms with Gasteiger partial charge in [0.1, 0.15) is 35.8 Å². The van der Waals surface area contributed by atoms with Crippen molar-refractivity contribution in [1.29, 1.82) is 0 Å². The first-order valence-electron chi connectivity index (χ1n) is 11.6. The largest absolute Gasteiger partial charge is 0.394 e. The average Bonchev–Trinajstić information content (AvgIpc) is 3.53. The Hall–Kier alpha value is -2.84. The molecule has 1 saturated heterocycles. The van der Waals surface area contributed by atoms with Gasteiger partial charge in [-0.1, -0.05) is 24.2 Å². The van der Waals surface area contributed by atoms with Crippen molar-refractivity contribution >= 4 is 0 Å². The highest BCUT2D eigenvalue weighted by Gasteiger charge is 2.47. The number of ether oxygens (including phenoxy) is 3. The molecule has 3 aromatic rings. The lowest BCUT2D eigenvalue weighted by Crippen LogP contribution is -2.57. The van der Waals surface area contributed by atoms with E-state index in [0.717, 1.165) is 12.1 Å². The first kappa shape index (κ1) is 27.2. The van der Waals surface area contributed by atoms with E-state index in [1.54, 1.807) is 13.2 Å². The molecule has 13 heteroatoms. The molecular formula is C24H29F3N4O6. The number of hydrogen-bond donors (Lipinski definition) is 2. The Kier molecular flexibility index (Phi) is 7.99. The number of aromatic nitrogens is 4. The van der Waals surface area contributed by atoms with E-state index in [0.29, 0.717) is 18.1 Å². The number of benzene rings is 1. The van der Waals surface area contributed by atoms with E-state index in [-0.39, 0.29) is 17.7 Å². The molecule has 1 aromatic carbocycles. The van der Waals surface area contributed by atoms with E-state index in [9.17, 15) is 23.4 Å². The van der Waals surface area contributed by atoms with Crippen LogP contribution in [0.25, 0.3) is 11.3 Å². The smallest absolute Gasteiger partial charge is 0.194 e. The summed E-state index contributed by atoms with van der Waals surface area (Å²) in [6, 6.07) is 2.48. The van der Waals surface area contributed by atoms with Gasteiger partial charge in [-0.15, -0.1) is 5.10 Å². The highest BCUT2D eigenvalue weighted by molar-refractivity contribution is 5.57. The summed E-state index contributed by atoms with van der Waals surface area (Å²) in [5.74, 6) is -3.84.